The Morgan fingerprint density at radius 1 is 0.500 bits per heavy atom. The minimum absolute atomic E-state index is 0.0739. The summed E-state index contributed by atoms with van der Waals surface area (Å²) < 4.78 is 0. The first kappa shape index (κ1) is 32.6. The van der Waals surface area contributed by atoms with E-state index in [4.69, 9.17) is 0 Å². The molecule has 0 spiro atoms. The number of nitrogens with one attached hydrogen (secondary N) is 2. The van der Waals surface area contributed by atoms with Crippen molar-refractivity contribution in [3.8, 4) is 0 Å². The van der Waals surface area contributed by atoms with Gasteiger partial charge in [-0.1, -0.05) is 101 Å². The van der Waals surface area contributed by atoms with Crippen LogP contribution in [0.4, 0.5) is 11.4 Å². The lowest BCUT2D eigenvalue weighted by Gasteiger charge is -2.23. The summed E-state index contributed by atoms with van der Waals surface area (Å²) in [7, 11) is 0. The van der Waals surface area contributed by atoms with Crippen LogP contribution in [0.1, 0.15) is 129 Å². The zero-order chi connectivity index (χ0) is 32.5. The Morgan fingerprint density at radius 2 is 0.891 bits per heavy atom. The van der Waals surface area contributed by atoms with Crippen molar-refractivity contribution in [1.29, 1.82) is 0 Å². The molecular formula is C40H42N2O4. The topological polar surface area (TPSA) is 92.3 Å². The molecule has 0 unspecified atom stereocenters. The van der Waals surface area contributed by atoms with E-state index in [2.05, 4.69) is 24.5 Å². The number of rotatable bonds is 14. The fraction of sp³-hybridized carbons (Fsp3) is 0.300. The van der Waals surface area contributed by atoms with Crippen molar-refractivity contribution < 1.29 is 19.2 Å². The minimum Gasteiger partial charge on any atom is -0.321 e. The molecule has 46 heavy (non-hydrogen) atoms. The van der Waals surface area contributed by atoms with Crippen molar-refractivity contribution in [3.05, 3.63) is 129 Å². The first-order valence-corrected chi connectivity index (χ1v) is 16.6. The second-order valence-electron chi connectivity index (χ2n) is 12.0. The molecule has 0 fully saturated rings. The summed E-state index contributed by atoms with van der Waals surface area (Å²) in [6.45, 7) is 4.37. The van der Waals surface area contributed by atoms with Crippen LogP contribution in [-0.4, -0.2) is 23.4 Å². The standard InChI is InChI=1S/C40H42N2O4/c1-3-5-7-9-13-27-17-21-29(22-18-27)39(45)41-33-25-26-34(36-35(33)37(43)31-15-11-12-16-32(31)38(36)44)42-40(46)30-23-19-28(20-24-30)14-10-8-6-4-2/h11-12,15-26H,3-10,13-14H2,1-2H3,(H,41,45)(H,42,46). The number of aryl methyl sites for hydroxylation is 2. The van der Waals surface area contributed by atoms with Gasteiger partial charge in [-0.05, 0) is 73.2 Å². The Bertz CT molecular complexity index is 1590. The van der Waals surface area contributed by atoms with E-state index in [1.165, 1.54) is 49.7 Å². The second kappa shape index (κ2) is 15.4. The van der Waals surface area contributed by atoms with E-state index in [1.54, 1.807) is 60.7 Å². The van der Waals surface area contributed by atoms with Crippen LogP contribution in [0.15, 0.2) is 84.9 Å². The lowest BCUT2D eigenvalue weighted by Crippen LogP contribution is -2.26. The molecule has 4 aromatic rings. The Hall–Kier alpha value is -4.84. The Kier molecular flexibility index (Phi) is 10.9. The van der Waals surface area contributed by atoms with Crippen molar-refractivity contribution in [3.63, 3.8) is 0 Å². The first-order chi connectivity index (χ1) is 22.4. The van der Waals surface area contributed by atoms with Gasteiger partial charge in [-0.25, -0.2) is 0 Å². The molecule has 0 saturated carbocycles. The van der Waals surface area contributed by atoms with Crippen molar-refractivity contribution in [2.45, 2.75) is 78.1 Å². The van der Waals surface area contributed by atoms with E-state index in [9.17, 15) is 19.2 Å². The lowest BCUT2D eigenvalue weighted by molar-refractivity contribution is 0.0977. The van der Waals surface area contributed by atoms with Crippen molar-refractivity contribution in [1.82, 2.24) is 0 Å². The maximum Gasteiger partial charge on any atom is 0.255 e. The molecule has 0 radical (unpaired) electrons. The number of carbonyl (C=O) groups excluding carboxylic acids is 4. The van der Waals surface area contributed by atoms with Gasteiger partial charge in [0.2, 0.25) is 0 Å². The Labute approximate surface area is 271 Å². The third kappa shape index (κ3) is 7.51. The van der Waals surface area contributed by atoms with E-state index in [1.807, 2.05) is 24.3 Å². The van der Waals surface area contributed by atoms with Crippen LogP contribution < -0.4 is 10.6 Å². The average molecular weight is 615 g/mol. The smallest absolute Gasteiger partial charge is 0.255 e. The van der Waals surface area contributed by atoms with Gasteiger partial charge in [0.1, 0.15) is 0 Å². The van der Waals surface area contributed by atoms with E-state index in [-0.39, 0.29) is 57.0 Å². The van der Waals surface area contributed by atoms with Crippen LogP contribution in [0, 0.1) is 0 Å². The van der Waals surface area contributed by atoms with Gasteiger partial charge >= 0.3 is 0 Å². The van der Waals surface area contributed by atoms with E-state index < -0.39 is 0 Å². The highest BCUT2D eigenvalue weighted by Gasteiger charge is 2.34. The van der Waals surface area contributed by atoms with Crippen molar-refractivity contribution in [2.24, 2.45) is 0 Å². The molecule has 236 valence electrons. The number of hydrogen-bond acceptors (Lipinski definition) is 4. The molecule has 5 rings (SSSR count). The first-order valence-electron chi connectivity index (χ1n) is 16.6. The largest absolute Gasteiger partial charge is 0.321 e. The number of anilines is 2. The number of hydrogen-bond donors (Lipinski definition) is 2. The fourth-order valence-corrected chi connectivity index (χ4v) is 5.98. The molecular weight excluding hydrogens is 572 g/mol. The van der Waals surface area contributed by atoms with Crippen LogP contribution in [0.5, 0.6) is 0 Å². The van der Waals surface area contributed by atoms with Crippen LogP contribution in [0.3, 0.4) is 0 Å². The normalized spacial score (nSPS) is 12.0. The van der Waals surface area contributed by atoms with Gasteiger partial charge in [0.15, 0.2) is 11.6 Å². The monoisotopic (exact) mass is 614 g/mol. The molecule has 0 saturated heterocycles. The van der Waals surface area contributed by atoms with Gasteiger partial charge in [0, 0.05) is 22.3 Å². The van der Waals surface area contributed by atoms with Gasteiger partial charge in [-0.2, -0.15) is 0 Å². The van der Waals surface area contributed by atoms with Gasteiger partial charge in [0.05, 0.1) is 22.5 Å². The SMILES string of the molecule is CCCCCCc1ccc(C(=O)Nc2ccc(NC(=O)c3ccc(CCCCCC)cc3)c3c2C(=O)c2ccccc2C3=O)cc1. The predicted octanol–water partition coefficient (Wildman–Crippen LogP) is 9.21. The molecule has 2 amide bonds. The zero-order valence-corrected chi connectivity index (χ0v) is 26.8. The van der Waals surface area contributed by atoms with Crippen LogP contribution >= 0.6 is 0 Å². The molecule has 0 bridgehead atoms. The summed E-state index contributed by atoms with van der Waals surface area (Å²) in [4.78, 5) is 54.4. The summed E-state index contributed by atoms with van der Waals surface area (Å²) in [5.41, 5.74) is 4.37. The average Bonchev–Trinajstić information content (AvgIpc) is 3.08. The highest BCUT2D eigenvalue weighted by Crippen LogP contribution is 2.37. The number of ketones is 2. The highest BCUT2D eigenvalue weighted by molar-refractivity contribution is 6.33. The lowest BCUT2D eigenvalue weighted by atomic mass is 9.82. The van der Waals surface area contributed by atoms with Gasteiger partial charge in [-0.15, -0.1) is 0 Å². The number of benzene rings is 4. The molecule has 0 heterocycles. The highest BCUT2D eigenvalue weighted by atomic mass is 16.2. The molecule has 6 heteroatoms. The molecule has 1 aliphatic rings. The van der Waals surface area contributed by atoms with Crippen LogP contribution in [0.2, 0.25) is 0 Å². The molecule has 6 nitrogen and oxygen atoms in total. The summed E-state index contributed by atoms with van der Waals surface area (Å²) in [6.07, 6.45) is 11.3. The Morgan fingerprint density at radius 3 is 1.26 bits per heavy atom. The van der Waals surface area contributed by atoms with Crippen molar-refractivity contribution >= 4 is 34.8 Å². The molecule has 1 aliphatic carbocycles. The number of fused-ring (bicyclic) bond motifs is 2. The van der Waals surface area contributed by atoms with Gasteiger partial charge < -0.3 is 10.6 Å². The molecule has 0 atom stereocenters. The van der Waals surface area contributed by atoms with E-state index >= 15 is 0 Å². The van der Waals surface area contributed by atoms with E-state index in [0.717, 1.165) is 25.7 Å². The van der Waals surface area contributed by atoms with Crippen molar-refractivity contribution in [2.75, 3.05) is 10.6 Å². The maximum atomic E-state index is 13.8. The third-order valence-electron chi connectivity index (χ3n) is 8.64. The quantitative estimate of drug-likeness (QED) is 0.122. The number of carbonyl (C=O) groups is 4. The second-order valence-corrected chi connectivity index (χ2v) is 12.0. The third-order valence-corrected chi connectivity index (χ3v) is 8.64. The summed E-state index contributed by atoms with van der Waals surface area (Å²) in [6, 6.07) is 24.7. The number of unbranched alkanes of at least 4 members (excludes halogenated alkanes) is 6. The molecule has 2 N–H and O–H groups in total. The molecule has 4 aromatic carbocycles. The van der Waals surface area contributed by atoms with Crippen LogP contribution in [0.25, 0.3) is 0 Å². The minimum atomic E-state index is -0.384. The van der Waals surface area contributed by atoms with Gasteiger partial charge in [-0.3, -0.25) is 19.2 Å². The summed E-state index contributed by atoms with van der Waals surface area (Å²) in [5.74, 6) is -1.53. The summed E-state index contributed by atoms with van der Waals surface area (Å²) in [5, 5.41) is 5.73. The number of amides is 2. The van der Waals surface area contributed by atoms with Crippen LogP contribution in [-0.2, 0) is 12.8 Å². The van der Waals surface area contributed by atoms with Gasteiger partial charge in [0.25, 0.3) is 11.8 Å². The Balaban J connectivity index is 1.39. The predicted molar refractivity (Wildman–Crippen MR) is 184 cm³/mol. The van der Waals surface area contributed by atoms with E-state index in [0.29, 0.717) is 11.1 Å². The summed E-state index contributed by atoms with van der Waals surface area (Å²) >= 11 is 0. The zero-order valence-electron chi connectivity index (χ0n) is 26.8. The molecule has 0 aliphatic heterocycles. The maximum absolute atomic E-state index is 13.8. The molecule has 0 aromatic heterocycles. The fourth-order valence-electron chi connectivity index (χ4n) is 5.98.